The Morgan fingerprint density at radius 1 is 1.14 bits per heavy atom. The lowest BCUT2D eigenvalue weighted by Gasteiger charge is -2.38. The number of aliphatic hydroxyl groups is 2. The van der Waals surface area contributed by atoms with E-state index in [-0.39, 0.29) is 18.8 Å². The normalized spacial score (nSPS) is 35.0. The van der Waals surface area contributed by atoms with Gasteiger partial charge in [0.15, 0.2) is 0 Å². The first-order valence-electron chi connectivity index (χ1n) is 5.76. The molecule has 22 heavy (non-hydrogen) atoms. The van der Waals surface area contributed by atoms with Crippen LogP contribution in [0, 0.1) is 5.92 Å². The molecule has 0 saturated heterocycles. The van der Waals surface area contributed by atoms with Gasteiger partial charge in [0.1, 0.15) is 5.60 Å². The Hall–Kier alpha value is 0.330. The molecule has 0 aromatic heterocycles. The molecule has 2 N–H and O–H groups in total. The molecule has 0 aliphatic heterocycles. The Bertz CT molecular complexity index is 543. The van der Waals surface area contributed by atoms with Gasteiger partial charge in [0.05, 0.1) is 20.5 Å². The highest BCUT2D eigenvalue weighted by atomic mass is 31.3. The highest BCUT2D eigenvalue weighted by Crippen LogP contribution is 2.60. The van der Waals surface area contributed by atoms with E-state index in [0.29, 0.717) is 0 Å². The van der Waals surface area contributed by atoms with Gasteiger partial charge < -0.3 is 38.9 Å². The largest absolute Gasteiger partial charge is 0.790 e. The van der Waals surface area contributed by atoms with Gasteiger partial charge in [-0.25, -0.2) is 4.31 Å². The third-order valence-electron chi connectivity index (χ3n) is 2.82. The lowest BCUT2D eigenvalue weighted by atomic mass is 10.0. The molecule has 12 nitrogen and oxygen atoms in total. The van der Waals surface area contributed by atoms with Crippen molar-refractivity contribution in [3.8, 4) is 0 Å². The molecular formula is C7H13O12P3-4. The first kappa shape index (κ1) is 20.4. The highest BCUT2D eigenvalue weighted by Gasteiger charge is 2.44. The topological polar surface area (TPSA) is 212 Å². The van der Waals surface area contributed by atoms with Crippen LogP contribution in [0.3, 0.4) is 0 Å². The summed E-state index contributed by atoms with van der Waals surface area (Å²) in [5.41, 5.74) is -1.94. The molecule has 1 aliphatic rings. The van der Waals surface area contributed by atoms with E-state index in [1.807, 2.05) is 0 Å². The fourth-order valence-electron chi connectivity index (χ4n) is 2.05. The average Bonchev–Trinajstić information content (AvgIpc) is 2.45. The first-order chi connectivity index (χ1) is 9.64. The second-order valence-electron chi connectivity index (χ2n) is 4.94. The quantitative estimate of drug-likeness (QED) is 0.431. The zero-order valence-corrected chi connectivity index (χ0v) is 13.8. The Morgan fingerprint density at radius 2 is 1.68 bits per heavy atom. The molecule has 132 valence electrons. The number of phosphoric acid groups is 3. The number of hydrogen-bond acceptors (Lipinski definition) is 12. The fraction of sp³-hybridized carbons (Fsp3) is 1.00. The molecule has 1 saturated carbocycles. The molecule has 1 rings (SSSR count). The van der Waals surface area contributed by atoms with Crippen LogP contribution in [0.2, 0.25) is 0 Å². The second kappa shape index (κ2) is 6.68. The summed E-state index contributed by atoms with van der Waals surface area (Å²) in [6.07, 6.45) is -1.15. The maximum absolute atomic E-state index is 11.3. The average molecular weight is 382 g/mol. The summed E-state index contributed by atoms with van der Waals surface area (Å²) in [5, 5.41) is 19.5. The summed E-state index contributed by atoms with van der Waals surface area (Å²) >= 11 is 0. The molecule has 1 fully saturated rings. The predicted octanol–water partition coefficient (Wildman–Crippen LogP) is -2.68. The minimum atomic E-state index is -6.05. The van der Waals surface area contributed by atoms with Crippen molar-refractivity contribution >= 4 is 23.5 Å². The lowest BCUT2D eigenvalue weighted by molar-refractivity contribution is -0.339. The summed E-state index contributed by atoms with van der Waals surface area (Å²) in [6.45, 7) is 0.653. The molecule has 0 heterocycles. The van der Waals surface area contributed by atoms with E-state index in [9.17, 15) is 43.5 Å². The molecule has 0 radical (unpaired) electrons. The molecule has 0 aromatic rings. The SMILES string of the molecule is C[C@H]1C[C@@H](O)[C@@](O)(COP(=O)([O-])OP(=O)([O-])OP(=O)([O-])[O-])C1. The van der Waals surface area contributed by atoms with E-state index < -0.39 is 41.8 Å². The summed E-state index contributed by atoms with van der Waals surface area (Å²) < 4.78 is 42.7. The van der Waals surface area contributed by atoms with Crippen LogP contribution in [0.5, 0.6) is 0 Å². The number of hydrogen-bond donors (Lipinski definition) is 2. The van der Waals surface area contributed by atoms with Crippen LogP contribution in [-0.4, -0.2) is 28.5 Å². The fourth-order valence-corrected chi connectivity index (χ4v) is 4.97. The molecule has 0 spiro atoms. The Balaban J connectivity index is 2.67. The number of phosphoric ester groups is 1. The first-order valence-corrected chi connectivity index (χ1v) is 10.1. The van der Waals surface area contributed by atoms with Crippen molar-refractivity contribution in [3.63, 3.8) is 0 Å². The van der Waals surface area contributed by atoms with Gasteiger partial charge in [0, 0.05) is 0 Å². The summed E-state index contributed by atoms with van der Waals surface area (Å²) in [5.74, 6) is -0.142. The zero-order valence-electron chi connectivity index (χ0n) is 11.1. The van der Waals surface area contributed by atoms with Gasteiger partial charge in [0.2, 0.25) is 0 Å². The van der Waals surface area contributed by atoms with Crippen molar-refractivity contribution in [2.24, 2.45) is 5.92 Å². The van der Waals surface area contributed by atoms with E-state index in [1.54, 1.807) is 6.92 Å². The summed E-state index contributed by atoms with van der Waals surface area (Å²) in [6, 6.07) is 0. The van der Waals surface area contributed by atoms with E-state index in [2.05, 4.69) is 13.1 Å². The minimum absolute atomic E-state index is 0.0178. The molecule has 0 aromatic carbocycles. The van der Waals surface area contributed by atoms with Crippen molar-refractivity contribution in [2.45, 2.75) is 31.5 Å². The van der Waals surface area contributed by atoms with Crippen LogP contribution in [0.15, 0.2) is 0 Å². The second-order valence-corrected chi connectivity index (χ2v) is 9.19. The van der Waals surface area contributed by atoms with Crippen molar-refractivity contribution in [3.05, 3.63) is 0 Å². The van der Waals surface area contributed by atoms with E-state index in [1.165, 1.54) is 0 Å². The van der Waals surface area contributed by atoms with Crippen LogP contribution >= 0.6 is 23.5 Å². The van der Waals surface area contributed by atoms with Gasteiger partial charge in [-0.15, -0.1) is 0 Å². The molecule has 15 heteroatoms. The zero-order chi connectivity index (χ0) is 17.4. The van der Waals surface area contributed by atoms with Crippen LogP contribution in [-0.2, 0) is 26.8 Å². The van der Waals surface area contributed by atoms with E-state index in [0.717, 1.165) is 0 Å². The maximum Gasteiger partial charge on any atom is 0.278 e. The molecule has 5 atom stereocenters. The predicted molar refractivity (Wildman–Crippen MR) is 60.3 cm³/mol. The van der Waals surface area contributed by atoms with Crippen LogP contribution in [0.4, 0.5) is 0 Å². The third kappa shape index (κ3) is 6.45. The minimum Gasteiger partial charge on any atom is -0.790 e. The lowest BCUT2D eigenvalue weighted by Crippen LogP contribution is -2.42. The van der Waals surface area contributed by atoms with Crippen molar-refractivity contribution in [1.82, 2.24) is 0 Å². The van der Waals surface area contributed by atoms with Crippen LogP contribution < -0.4 is 19.6 Å². The van der Waals surface area contributed by atoms with E-state index in [4.69, 9.17) is 0 Å². The van der Waals surface area contributed by atoms with Gasteiger partial charge in [-0.05, 0) is 18.8 Å². The van der Waals surface area contributed by atoms with Crippen molar-refractivity contribution in [1.29, 1.82) is 0 Å². The molecular weight excluding hydrogens is 369 g/mol. The van der Waals surface area contributed by atoms with Crippen LogP contribution in [0.25, 0.3) is 0 Å². The molecule has 0 bridgehead atoms. The van der Waals surface area contributed by atoms with Crippen molar-refractivity contribution < 1.29 is 56.6 Å². The van der Waals surface area contributed by atoms with Gasteiger partial charge in [-0.3, -0.25) is 13.4 Å². The monoisotopic (exact) mass is 382 g/mol. The maximum atomic E-state index is 11.3. The number of rotatable bonds is 7. The summed E-state index contributed by atoms with van der Waals surface area (Å²) in [4.78, 5) is 42.4. The highest BCUT2D eigenvalue weighted by molar-refractivity contribution is 7.64. The van der Waals surface area contributed by atoms with Crippen LogP contribution in [0.1, 0.15) is 19.8 Å². The smallest absolute Gasteiger partial charge is 0.278 e. The molecule has 2 unspecified atom stereocenters. The standard InChI is InChI=1S/C7H17O12P3/c1-5-2-6(8)7(9,3-5)4-17-21(13,14)19-22(15,16)18-20(10,11)12/h5-6,8-9H,2-4H2,1H3,(H,13,14)(H,15,16)(H2,10,11,12)/p-4/t5-,6+,7-/m0/s1. The van der Waals surface area contributed by atoms with E-state index >= 15 is 0 Å². The summed E-state index contributed by atoms with van der Waals surface area (Å²) in [7, 11) is -17.7. The van der Waals surface area contributed by atoms with Gasteiger partial charge in [0.25, 0.3) is 15.6 Å². The Labute approximate surface area is 125 Å². The number of aliphatic hydroxyl groups excluding tert-OH is 1. The third-order valence-corrected chi connectivity index (χ3v) is 6.47. The van der Waals surface area contributed by atoms with Gasteiger partial charge in [-0.2, -0.15) is 0 Å². The van der Waals surface area contributed by atoms with Gasteiger partial charge >= 0.3 is 0 Å². The molecule has 1 aliphatic carbocycles. The van der Waals surface area contributed by atoms with Gasteiger partial charge in [-0.1, -0.05) is 6.92 Å². The Kier molecular flexibility index (Phi) is 6.19. The Morgan fingerprint density at radius 3 is 2.09 bits per heavy atom. The molecule has 0 amide bonds. The van der Waals surface area contributed by atoms with Crippen molar-refractivity contribution in [2.75, 3.05) is 6.61 Å².